The van der Waals surface area contributed by atoms with Gasteiger partial charge < -0.3 is 14.8 Å². The minimum absolute atomic E-state index is 0.236. The van der Waals surface area contributed by atoms with E-state index in [0.717, 1.165) is 22.4 Å². The lowest BCUT2D eigenvalue weighted by Crippen LogP contribution is -2.18. The molecule has 112 valence electrons. The maximum absolute atomic E-state index is 5.30. The SMILES string of the molecule is CNC(Cc1ccc(OC)c(Br)c1)c1cccc(OC)c1. The topological polar surface area (TPSA) is 30.5 Å². The Morgan fingerprint density at radius 1 is 1.10 bits per heavy atom. The summed E-state index contributed by atoms with van der Waals surface area (Å²) < 4.78 is 11.5. The first-order valence-electron chi connectivity index (χ1n) is 6.81. The minimum atomic E-state index is 0.236. The fourth-order valence-corrected chi connectivity index (χ4v) is 2.91. The van der Waals surface area contributed by atoms with E-state index in [-0.39, 0.29) is 6.04 Å². The van der Waals surface area contributed by atoms with Gasteiger partial charge in [-0.05, 0) is 64.8 Å². The molecule has 0 aromatic heterocycles. The average Bonchev–Trinajstić information content (AvgIpc) is 2.52. The second-order valence-corrected chi connectivity index (χ2v) is 5.65. The van der Waals surface area contributed by atoms with Crippen LogP contribution in [0.5, 0.6) is 11.5 Å². The Kier molecular flexibility index (Phi) is 5.65. The molecule has 2 rings (SSSR count). The van der Waals surface area contributed by atoms with E-state index in [1.807, 2.05) is 25.2 Å². The van der Waals surface area contributed by atoms with Gasteiger partial charge in [0.25, 0.3) is 0 Å². The summed E-state index contributed by atoms with van der Waals surface area (Å²) in [4.78, 5) is 0. The van der Waals surface area contributed by atoms with Crippen LogP contribution in [0.2, 0.25) is 0 Å². The molecule has 0 fully saturated rings. The third-order valence-electron chi connectivity index (χ3n) is 3.50. The van der Waals surface area contributed by atoms with Crippen molar-refractivity contribution in [3.05, 3.63) is 58.1 Å². The number of hydrogen-bond acceptors (Lipinski definition) is 3. The first-order valence-corrected chi connectivity index (χ1v) is 7.61. The highest BCUT2D eigenvalue weighted by Gasteiger charge is 2.12. The number of hydrogen-bond donors (Lipinski definition) is 1. The van der Waals surface area contributed by atoms with Crippen molar-refractivity contribution < 1.29 is 9.47 Å². The van der Waals surface area contributed by atoms with Crippen LogP contribution in [-0.4, -0.2) is 21.3 Å². The second-order valence-electron chi connectivity index (χ2n) is 4.79. The summed E-state index contributed by atoms with van der Waals surface area (Å²) in [6.45, 7) is 0. The number of likely N-dealkylation sites (N-methyl/N-ethyl adjacent to an activating group) is 1. The van der Waals surface area contributed by atoms with Crippen LogP contribution in [-0.2, 0) is 6.42 Å². The Morgan fingerprint density at radius 3 is 2.52 bits per heavy atom. The monoisotopic (exact) mass is 349 g/mol. The van der Waals surface area contributed by atoms with E-state index in [2.05, 4.69) is 45.5 Å². The number of rotatable bonds is 6. The lowest BCUT2D eigenvalue weighted by Gasteiger charge is -2.18. The third-order valence-corrected chi connectivity index (χ3v) is 4.12. The molecule has 1 unspecified atom stereocenters. The average molecular weight is 350 g/mol. The van der Waals surface area contributed by atoms with Crippen molar-refractivity contribution in [2.24, 2.45) is 0 Å². The summed E-state index contributed by atoms with van der Waals surface area (Å²) in [7, 11) is 5.34. The molecular weight excluding hydrogens is 330 g/mol. The standard InChI is InChI=1S/C17H20BrNO2/c1-19-16(13-5-4-6-14(11-13)20-2)10-12-7-8-17(21-3)15(18)9-12/h4-9,11,16,19H,10H2,1-3H3. The molecule has 0 radical (unpaired) electrons. The molecule has 0 saturated heterocycles. The summed E-state index contributed by atoms with van der Waals surface area (Å²) in [6.07, 6.45) is 0.895. The summed E-state index contributed by atoms with van der Waals surface area (Å²) in [5.74, 6) is 1.73. The molecule has 0 heterocycles. The number of methoxy groups -OCH3 is 2. The zero-order valence-corrected chi connectivity index (χ0v) is 14.1. The number of benzene rings is 2. The summed E-state index contributed by atoms with van der Waals surface area (Å²) in [6, 6.07) is 14.6. The van der Waals surface area contributed by atoms with Crippen LogP contribution < -0.4 is 14.8 Å². The molecule has 3 nitrogen and oxygen atoms in total. The molecule has 0 bridgehead atoms. The molecule has 2 aromatic rings. The van der Waals surface area contributed by atoms with Crippen LogP contribution in [0.15, 0.2) is 46.9 Å². The van der Waals surface area contributed by atoms with Gasteiger partial charge in [-0.3, -0.25) is 0 Å². The molecule has 0 aliphatic carbocycles. The highest BCUT2D eigenvalue weighted by Crippen LogP contribution is 2.28. The van der Waals surface area contributed by atoms with Gasteiger partial charge in [0.2, 0.25) is 0 Å². The zero-order valence-electron chi connectivity index (χ0n) is 12.5. The van der Waals surface area contributed by atoms with E-state index >= 15 is 0 Å². The second kappa shape index (κ2) is 7.48. The van der Waals surface area contributed by atoms with Gasteiger partial charge in [-0.1, -0.05) is 18.2 Å². The van der Waals surface area contributed by atoms with Gasteiger partial charge >= 0.3 is 0 Å². The largest absolute Gasteiger partial charge is 0.497 e. The molecule has 0 spiro atoms. The van der Waals surface area contributed by atoms with Gasteiger partial charge in [0, 0.05) is 6.04 Å². The quantitative estimate of drug-likeness (QED) is 0.855. The van der Waals surface area contributed by atoms with Crippen molar-refractivity contribution in [1.82, 2.24) is 5.32 Å². The molecule has 0 saturated carbocycles. The van der Waals surface area contributed by atoms with Crippen molar-refractivity contribution in [2.45, 2.75) is 12.5 Å². The molecular formula is C17H20BrNO2. The highest BCUT2D eigenvalue weighted by molar-refractivity contribution is 9.10. The smallest absolute Gasteiger partial charge is 0.133 e. The fourth-order valence-electron chi connectivity index (χ4n) is 2.32. The first-order chi connectivity index (χ1) is 10.2. The Bertz CT molecular complexity index is 601. The van der Waals surface area contributed by atoms with E-state index in [1.165, 1.54) is 11.1 Å². The van der Waals surface area contributed by atoms with E-state index < -0.39 is 0 Å². The van der Waals surface area contributed by atoms with Gasteiger partial charge in [-0.25, -0.2) is 0 Å². The highest BCUT2D eigenvalue weighted by atomic mass is 79.9. The molecule has 4 heteroatoms. The zero-order chi connectivity index (χ0) is 15.2. The maximum atomic E-state index is 5.30. The number of halogens is 1. The van der Waals surface area contributed by atoms with Crippen LogP contribution >= 0.6 is 15.9 Å². The van der Waals surface area contributed by atoms with Crippen LogP contribution in [0.4, 0.5) is 0 Å². The van der Waals surface area contributed by atoms with Gasteiger partial charge in [0.05, 0.1) is 18.7 Å². The van der Waals surface area contributed by atoms with Crippen LogP contribution in [0, 0.1) is 0 Å². The van der Waals surface area contributed by atoms with Crippen LogP contribution in [0.25, 0.3) is 0 Å². The molecule has 21 heavy (non-hydrogen) atoms. The Balaban J connectivity index is 2.20. The fraction of sp³-hybridized carbons (Fsp3) is 0.294. The van der Waals surface area contributed by atoms with E-state index in [4.69, 9.17) is 9.47 Å². The van der Waals surface area contributed by atoms with Gasteiger partial charge in [0.15, 0.2) is 0 Å². The number of ether oxygens (including phenoxy) is 2. The first kappa shape index (κ1) is 15.9. The van der Waals surface area contributed by atoms with E-state index in [0.29, 0.717) is 0 Å². The molecule has 1 N–H and O–H groups in total. The van der Waals surface area contributed by atoms with Gasteiger partial charge in [-0.2, -0.15) is 0 Å². The molecule has 0 aliphatic rings. The van der Waals surface area contributed by atoms with Crippen molar-refractivity contribution in [3.8, 4) is 11.5 Å². The summed E-state index contributed by atoms with van der Waals surface area (Å²) in [5.41, 5.74) is 2.45. The molecule has 2 aromatic carbocycles. The third kappa shape index (κ3) is 3.99. The Hall–Kier alpha value is -1.52. The van der Waals surface area contributed by atoms with Crippen molar-refractivity contribution in [2.75, 3.05) is 21.3 Å². The van der Waals surface area contributed by atoms with Gasteiger partial charge in [-0.15, -0.1) is 0 Å². The Labute approximate surface area is 134 Å². The van der Waals surface area contributed by atoms with Crippen molar-refractivity contribution >= 4 is 15.9 Å². The number of nitrogens with one attached hydrogen (secondary N) is 1. The van der Waals surface area contributed by atoms with Crippen LogP contribution in [0.1, 0.15) is 17.2 Å². The Morgan fingerprint density at radius 2 is 1.90 bits per heavy atom. The molecule has 0 amide bonds. The minimum Gasteiger partial charge on any atom is -0.497 e. The van der Waals surface area contributed by atoms with Gasteiger partial charge in [0.1, 0.15) is 11.5 Å². The summed E-state index contributed by atoms with van der Waals surface area (Å²) >= 11 is 3.53. The summed E-state index contributed by atoms with van der Waals surface area (Å²) in [5, 5.41) is 3.36. The lowest BCUT2D eigenvalue weighted by molar-refractivity contribution is 0.411. The van der Waals surface area contributed by atoms with E-state index in [1.54, 1.807) is 14.2 Å². The lowest BCUT2D eigenvalue weighted by atomic mass is 9.99. The predicted octanol–water partition coefficient (Wildman–Crippen LogP) is 3.97. The van der Waals surface area contributed by atoms with E-state index in [9.17, 15) is 0 Å². The van der Waals surface area contributed by atoms with Crippen molar-refractivity contribution in [3.63, 3.8) is 0 Å². The predicted molar refractivity (Wildman–Crippen MR) is 89.2 cm³/mol. The maximum Gasteiger partial charge on any atom is 0.133 e. The normalized spacial score (nSPS) is 12.0. The van der Waals surface area contributed by atoms with Crippen molar-refractivity contribution in [1.29, 1.82) is 0 Å². The van der Waals surface area contributed by atoms with Crippen LogP contribution in [0.3, 0.4) is 0 Å². The molecule has 0 aliphatic heterocycles. The molecule has 1 atom stereocenters.